The number of carbonyl (C=O) groups excluding carboxylic acids is 1. The summed E-state index contributed by atoms with van der Waals surface area (Å²) in [6.45, 7) is 0.628. The van der Waals surface area contributed by atoms with E-state index >= 15 is 0 Å². The minimum Gasteiger partial charge on any atom is -0.465 e. The van der Waals surface area contributed by atoms with Crippen LogP contribution >= 0.6 is 0 Å². The molecule has 39 heavy (non-hydrogen) atoms. The van der Waals surface area contributed by atoms with Crippen molar-refractivity contribution in [3.8, 4) is 0 Å². The van der Waals surface area contributed by atoms with Crippen molar-refractivity contribution in [1.82, 2.24) is 14.9 Å². The first-order chi connectivity index (χ1) is 18.5. The van der Waals surface area contributed by atoms with Crippen molar-refractivity contribution >= 4 is 23.6 Å². The van der Waals surface area contributed by atoms with E-state index in [0.717, 1.165) is 0 Å². The van der Waals surface area contributed by atoms with Gasteiger partial charge in [-0.25, -0.2) is 19.2 Å². The molecule has 12 heteroatoms. The number of nitrogens with zero attached hydrogens (tertiary/aromatic N) is 3. The van der Waals surface area contributed by atoms with E-state index in [2.05, 4.69) is 15.3 Å². The average molecular weight is 546 g/mol. The van der Waals surface area contributed by atoms with Crippen LogP contribution in [-0.4, -0.2) is 45.1 Å². The van der Waals surface area contributed by atoms with Gasteiger partial charge in [0.25, 0.3) is 0 Å². The smallest absolute Gasteiger partial charge is 0.419 e. The Labute approximate surface area is 221 Å². The molecular formula is C27H27F4N5O3. The van der Waals surface area contributed by atoms with E-state index in [1.165, 1.54) is 11.0 Å². The third-order valence-electron chi connectivity index (χ3n) is 6.75. The van der Waals surface area contributed by atoms with Gasteiger partial charge in [0.05, 0.1) is 17.7 Å². The van der Waals surface area contributed by atoms with E-state index in [4.69, 9.17) is 10.8 Å². The summed E-state index contributed by atoms with van der Waals surface area (Å²) in [6.07, 6.45) is -3.92. The zero-order valence-electron chi connectivity index (χ0n) is 20.8. The predicted octanol–water partition coefficient (Wildman–Crippen LogP) is 5.05. The summed E-state index contributed by atoms with van der Waals surface area (Å²) in [4.78, 5) is 31.6. The van der Waals surface area contributed by atoms with Gasteiger partial charge in [0.2, 0.25) is 11.9 Å². The number of likely N-dealkylation sites (tertiary alicyclic amines) is 1. The molecule has 2 heterocycles. The number of benzene rings is 2. The lowest BCUT2D eigenvalue weighted by Gasteiger charge is -2.30. The highest BCUT2D eigenvalue weighted by molar-refractivity contribution is 5.77. The van der Waals surface area contributed by atoms with Crippen molar-refractivity contribution in [3.05, 3.63) is 82.4 Å². The standard InChI is InChI=1S/C27H27F4N5O3/c28-22-14-19(6-7-20(22)17-9-11-36(12-10-17)26(38)39)34-25-33-15-21(27(29,30)31)23(35-25)8-5-16-3-1-2-4-18(16)13-24(32)37/h1-4,6-7,14-15,17H,5,8-13H2,(H2,32,37)(H,38,39)(H,33,34,35). The monoisotopic (exact) mass is 545 g/mol. The number of hydrogen-bond donors (Lipinski definition) is 3. The van der Waals surface area contributed by atoms with Gasteiger partial charge in [0.15, 0.2) is 0 Å². The summed E-state index contributed by atoms with van der Waals surface area (Å²) >= 11 is 0. The van der Waals surface area contributed by atoms with Gasteiger partial charge in [0.1, 0.15) is 5.82 Å². The molecule has 1 saturated heterocycles. The van der Waals surface area contributed by atoms with Crippen LogP contribution in [0.5, 0.6) is 0 Å². The highest BCUT2D eigenvalue weighted by Gasteiger charge is 2.35. The fourth-order valence-electron chi connectivity index (χ4n) is 4.77. The Balaban J connectivity index is 1.51. The molecular weight excluding hydrogens is 518 g/mol. The summed E-state index contributed by atoms with van der Waals surface area (Å²) in [7, 11) is 0. The third kappa shape index (κ3) is 7.01. The number of nitrogens with one attached hydrogen (secondary N) is 1. The zero-order chi connectivity index (χ0) is 28.2. The van der Waals surface area contributed by atoms with Gasteiger partial charge in [-0.15, -0.1) is 0 Å². The third-order valence-corrected chi connectivity index (χ3v) is 6.75. The number of aryl methyl sites for hydroxylation is 2. The van der Waals surface area contributed by atoms with Gasteiger partial charge in [-0.1, -0.05) is 30.3 Å². The van der Waals surface area contributed by atoms with E-state index in [0.29, 0.717) is 48.8 Å². The van der Waals surface area contributed by atoms with Gasteiger partial charge in [-0.2, -0.15) is 13.2 Å². The second-order valence-electron chi connectivity index (χ2n) is 9.37. The van der Waals surface area contributed by atoms with E-state index in [-0.39, 0.29) is 42.5 Å². The maximum absolute atomic E-state index is 14.9. The van der Waals surface area contributed by atoms with Crippen LogP contribution in [0.3, 0.4) is 0 Å². The van der Waals surface area contributed by atoms with Crippen LogP contribution in [0.1, 0.15) is 46.7 Å². The van der Waals surface area contributed by atoms with Crippen LogP contribution in [0.15, 0.2) is 48.7 Å². The molecule has 4 rings (SSSR count). The number of rotatable bonds is 8. The van der Waals surface area contributed by atoms with Crippen LogP contribution in [0.2, 0.25) is 0 Å². The van der Waals surface area contributed by atoms with Gasteiger partial charge < -0.3 is 21.1 Å². The molecule has 1 aromatic heterocycles. The molecule has 1 aliphatic rings. The largest absolute Gasteiger partial charge is 0.465 e. The molecule has 2 amide bonds. The van der Waals surface area contributed by atoms with Gasteiger partial charge in [-0.3, -0.25) is 4.79 Å². The second-order valence-corrected chi connectivity index (χ2v) is 9.37. The molecule has 1 aliphatic heterocycles. The Kier molecular flexibility index (Phi) is 8.32. The first-order valence-electron chi connectivity index (χ1n) is 12.3. The van der Waals surface area contributed by atoms with Crippen molar-refractivity contribution in [1.29, 1.82) is 0 Å². The topological polar surface area (TPSA) is 121 Å². The minimum absolute atomic E-state index is 0.0287. The van der Waals surface area contributed by atoms with Crippen LogP contribution in [0.25, 0.3) is 0 Å². The summed E-state index contributed by atoms with van der Waals surface area (Å²) in [5, 5.41) is 11.9. The molecule has 206 valence electrons. The summed E-state index contributed by atoms with van der Waals surface area (Å²) in [5.41, 5.74) is 6.10. The Hall–Kier alpha value is -4.22. The maximum atomic E-state index is 14.9. The Morgan fingerprint density at radius 1 is 1.08 bits per heavy atom. The Bertz CT molecular complexity index is 1360. The molecule has 0 saturated carbocycles. The average Bonchev–Trinajstić information content (AvgIpc) is 2.87. The molecule has 0 bridgehead atoms. The molecule has 0 radical (unpaired) electrons. The van der Waals surface area contributed by atoms with Crippen molar-refractivity contribution < 1.29 is 32.3 Å². The zero-order valence-corrected chi connectivity index (χ0v) is 20.8. The SMILES string of the molecule is NC(=O)Cc1ccccc1CCc1nc(Nc2ccc(C3CCN(C(=O)O)CC3)c(F)c2)ncc1C(F)(F)F. The van der Waals surface area contributed by atoms with Gasteiger partial charge >= 0.3 is 12.3 Å². The van der Waals surface area contributed by atoms with Crippen molar-refractivity contribution in [2.45, 2.75) is 44.2 Å². The molecule has 4 N–H and O–H groups in total. The second kappa shape index (κ2) is 11.7. The number of nitrogens with two attached hydrogens (primary N) is 1. The molecule has 0 unspecified atom stereocenters. The molecule has 2 aromatic carbocycles. The lowest BCUT2D eigenvalue weighted by molar-refractivity contribution is -0.138. The molecule has 0 atom stereocenters. The minimum atomic E-state index is -4.68. The summed E-state index contributed by atoms with van der Waals surface area (Å²) in [5.74, 6) is -1.31. The van der Waals surface area contributed by atoms with Crippen LogP contribution in [-0.2, 0) is 30.2 Å². The van der Waals surface area contributed by atoms with Gasteiger partial charge in [-0.05, 0) is 60.4 Å². The number of carbonyl (C=O) groups is 2. The van der Waals surface area contributed by atoms with E-state index < -0.39 is 29.6 Å². The van der Waals surface area contributed by atoms with Crippen molar-refractivity contribution in [2.75, 3.05) is 18.4 Å². The number of hydrogen-bond acceptors (Lipinski definition) is 5. The van der Waals surface area contributed by atoms with Crippen LogP contribution in [0, 0.1) is 5.82 Å². The fraction of sp³-hybridized carbons (Fsp3) is 0.333. The van der Waals surface area contributed by atoms with E-state index in [1.807, 2.05) is 0 Å². The number of anilines is 2. The quantitative estimate of drug-likeness (QED) is 0.341. The number of alkyl halides is 3. The fourth-order valence-corrected chi connectivity index (χ4v) is 4.77. The predicted molar refractivity (Wildman–Crippen MR) is 135 cm³/mol. The molecule has 0 spiro atoms. The van der Waals surface area contributed by atoms with Crippen molar-refractivity contribution in [3.63, 3.8) is 0 Å². The van der Waals surface area contributed by atoms with E-state index in [1.54, 1.807) is 36.4 Å². The summed E-state index contributed by atoms with van der Waals surface area (Å²) < 4.78 is 56.0. The lowest BCUT2D eigenvalue weighted by atomic mass is 9.89. The molecule has 0 aliphatic carbocycles. The number of amides is 2. The maximum Gasteiger partial charge on any atom is 0.419 e. The van der Waals surface area contributed by atoms with Crippen LogP contribution < -0.4 is 11.1 Å². The molecule has 8 nitrogen and oxygen atoms in total. The molecule has 3 aromatic rings. The van der Waals surface area contributed by atoms with Gasteiger partial charge in [0, 0.05) is 25.0 Å². The first kappa shape index (κ1) is 27.8. The molecule has 1 fully saturated rings. The van der Waals surface area contributed by atoms with Crippen molar-refractivity contribution in [2.24, 2.45) is 5.73 Å². The number of primary amides is 1. The number of aromatic nitrogens is 2. The normalized spacial score (nSPS) is 14.3. The van der Waals surface area contributed by atoms with E-state index in [9.17, 15) is 27.2 Å². The number of carboxylic acid groups (broad SMARTS) is 1. The highest BCUT2D eigenvalue weighted by Crippen LogP contribution is 2.34. The Morgan fingerprint density at radius 3 is 2.38 bits per heavy atom. The first-order valence-corrected chi connectivity index (χ1v) is 12.3. The summed E-state index contributed by atoms with van der Waals surface area (Å²) in [6, 6.07) is 11.3. The number of halogens is 4. The van der Waals surface area contributed by atoms with Crippen LogP contribution in [0.4, 0.5) is 34.0 Å². The lowest BCUT2D eigenvalue weighted by Crippen LogP contribution is -2.36. The Morgan fingerprint density at radius 2 is 1.77 bits per heavy atom. The highest BCUT2D eigenvalue weighted by atomic mass is 19.4. The number of piperidine rings is 1.